The lowest BCUT2D eigenvalue weighted by molar-refractivity contribution is 0.252. The van der Waals surface area contributed by atoms with E-state index in [1.54, 1.807) is 11.3 Å². The van der Waals surface area contributed by atoms with Crippen LogP contribution in [0.15, 0.2) is 12.4 Å². The van der Waals surface area contributed by atoms with Crippen molar-refractivity contribution in [3.05, 3.63) is 22.1 Å². The molecule has 0 amide bonds. The minimum absolute atomic E-state index is 0.661. The molecule has 0 unspecified atom stereocenters. The van der Waals surface area contributed by atoms with E-state index < -0.39 is 0 Å². The number of hydrogen-bond acceptors (Lipinski definition) is 7. The van der Waals surface area contributed by atoms with Crippen LogP contribution in [0.3, 0.4) is 0 Å². The van der Waals surface area contributed by atoms with Crippen molar-refractivity contribution in [3.63, 3.8) is 0 Å². The van der Waals surface area contributed by atoms with Crippen LogP contribution in [0, 0.1) is 0 Å². The molecule has 0 aliphatic carbocycles. The van der Waals surface area contributed by atoms with Crippen LogP contribution >= 0.6 is 22.7 Å². The molecule has 0 atom stereocenters. The molecule has 0 bridgehead atoms. The summed E-state index contributed by atoms with van der Waals surface area (Å²) >= 11 is 3.41. The number of nitrogens with zero attached hydrogens (tertiary/aromatic N) is 4. The first-order valence-corrected chi connectivity index (χ1v) is 8.50. The minimum atomic E-state index is 0.661. The van der Waals surface area contributed by atoms with Gasteiger partial charge in [0.15, 0.2) is 10.3 Å². The van der Waals surface area contributed by atoms with Gasteiger partial charge in [-0.15, -0.1) is 22.7 Å². The molecule has 20 heavy (non-hydrogen) atoms. The number of anilines is 2. The normalized spacial score (nSPS) is 16.8. The standard InChI is InChI=1S/C13H19N5S2/c1-2-10-7-16-13(20-10)18-5-3-17(4-6-18)9-11-8-15-12(14)19-11/h7-8H,2-6,9H2,1H3,(H2,14,15). The maximum Gasteiger partial charge on any atom is 0.185 e. The first-order valence-electron chi connectivity index (χ1n) is 6.87. The Kier molecular flexibility index (Phi) is 4.18. The van der Waals surface area contributed by atoms with Gasteiger partial charge >= 0.3 is 0 Å². The van der Waals surface area contributed by atoms with Gasteiger partial charge in [-0.3, -0.25) is 4.90 Å². The molecule has 7 heteroatoms. The van der Waals surface area contributed by atoms with Crippen molar-refractivity contribution in [2.45, 2.75) is 19.9 Å². The zero-order valence-corrected chi connectivity index (χ0v) is 13.2. The molecule has 3 heterocycles. The highest BCUT2D eigenvalue weighted by Crippen LogP contribution is 2.24. The van der Waals surface area contributed by atoms with Gasteiger partial charge in [-0.25, -0.2) is 9.97 Å². The van der Waals surface area contributed by atoms with E-state index in [1.807, 2.05) is 23.7 Å². The van der Waals surface area contributed by atoms with Crippen LogP contribution in [0.2, 0.25) is 0 Å². The van der Waals surface area contributed by atoms with Crippen molar-refractivity contribution < 1.29 is 0 Å². The molecule has 1 saturated heterocycles. The first-order chi connectivity index (χ1) is 9.74. The van der Waals surface area contributed by atoms with Gasteiger partial charge < -0.3 is 10.6 Å². The van der Waals surface area contributed by atoms with E-state index in [9.17, 15) is 0 Å². The van der Waals surface area contributed by atoms with Crippen LogP contribution in [-0.4, -0.2) is 41.0 Å². The van der Waals surface area contributed by atoms with Crippen LogP contribution in [0.1, 0.15) is 16.7 Å². The van der Waals surface area contributed by atoms with Crippen LogP contribution in [-0.2, 0) is 13.0 Å². The molecule has 5 nitrogen and oxygen atoms in total. The lowest BCUT2D eigenvalue weighted by Gasteiger charge is -2.34. The Morgan fingerprint density at radius 3 is 2.45 bits per heavy atom. The maximum absolute atomic E-state index is 5.67. The highest BCUT2D eigenvalue weighted by molar-refractivity contribution is 7.15. The predicted octanol–water partition coefficient (Wildman–Crippen LogP) is 2.07. The zero-order chi connectivity index (χ0) is 13.9. The van der Waals surface area contributed by atoms with Crippen molar-refractivity contribution in [1.29, 1.82) is 0 Å². The summed E-state index contributed by atoms with van der Waals surface area (Å²) in [4.78, 5) is 16.1. The average molecular weight is 309 g/mol. The fourth-order valence-electron chi connectivity index (χ4n) is 2.32. The van der Waals surface area contributed by atoms with Gasteiger partial charge in [0, 0.05) is 54.9 Å². The number of aryl methyl sites for hydroxylation is 1. The summed E-state index contributed by atoms with van der Waals surface area (Å²) in [5, 5.41) is 1.83. The summed E-state index contributed by atoms with van der Waals surface area (Å²) in [6, 6.07) is 0. The Morgan fingerprint density at radius 1 is 1.10 bits per heavy atom. The molecule has 1 aliphatic rings. The van der Waals surface area contributed by atoms with E-state index in [0.717, 1.165) is 39.1 Å². The fraction of sp³-hybridized carbons (Fsp3) is 0.538. The van der Waals surface area contributed by atoms with E-state index in [4.69, 9.17) is 5.73 Å². The van der Waals surface area contributed by atoms with E-state index in [0.29, 0.717) is 5.13 Å². The van der Waals surface area contributed by atoms with Crippen LogP contribution in [0.25, 0.3) is 0 Å². The Morgan fingerprint density at radius 2 is 1.85 bits per heavy atom. The third-order valence-corrected chi connectivity index (χ3v) is 5.50. The number of thiazole rings is 2. The molecule has 0 aromatic carbocycles. The van der Waals surface area contributed by atoms with Crippen molar-refractivity contribution in [1.82, 2.24) is 14.9 Å². The second kappa shape index (κ2) is 6.07. The van der Waals surface area contributed by atoms with Crippen molar-refractivity contribution in [2.75, 3.05) is 36.8 Å². The molecule has 0 saturated carbocycles. The summed E-state index contributed by atoms with van der Waals surface area (Å²) in [6.45, 7) is 7.37. The molecule has 2 N–H and O–H groups in total. The number of rotatable bonds is 4. The topological polar surface area (TPSA) is 58.3 Å². The number of piperazine rings is 1. The highest BCUT2D eigenvalue weighted by Gasteiger charge is 2.19. The molecular weight excluding hydrogens is 290 g/mol. The van der Waals surface area contributed by atoms with Gasteiger partial charge in [0.25, 0.3) is 0 Å². The van der Waals surface area contributed by atoms with Gasteiger partial charge in [-0.05, 0) is 6.42 Å². The van der Waals surface area contributed by atoms with Crippen molar-refractivity contribution in [3.8, 4) is 0 Å². The molecule has 0 radical (unpaired) electrons. The van der Waals surface area contributed by atoms with Gasteiger partial charge in [-0.2, -0.15) is 0 Å². The second-order valence-electron chi connectivity index (χ2n) is 4.89. The van der Waals surface area contributed by atoms with Crippen LogP contribution in [0.5, 0.6) is 0 Å². The highest BCUT2D eigenvalue weighted by atomic mass is 32.1. The molecule has 3 rings (SSSR count). The van der Waals surface area contributed by atoms with Crippen LogP contribution < -0.4 is 10.6 Å². The lowest BCUT2D eigenvalue weighted by atomic mass is 10.3. The lowest BCUT2D eigenvalue weighted by Crippen LogP contribution is -2.45. The molecule has 2 aromatic rings. The van der Waals surface area contributed by atoms with E-state index in [-0.39, 0.29) is 0 Å². The summed E-state index contributed by atoms with van der Waals surface area (Å²) in [7, 11) is 0. The number of nitrogens with two attached hydrogens (primary N) is 1. The van der Waals surface area contributed by atoms with E-state index in [2.05, 4.69) is 26.7 Å². The molecular formula is C13H19N5S2. The third kappa shape index (κ3) is 3.11. The minimum Gasteiger partial charge on any atom is -0.375 e. The molecule has 1 aliphatic heterocycles. The first kappa shape index (κ1) is 13.8. The third-order valence-electron chi connectivity index (χ3n) is 3.48. The molecule has 108 valence electrons. The molecule has 2 aromatic heterocycles. The van der Waals surface area contributed by atoms with Crippen molar-refractivity contribution >= 4 is 32.9 Å². The number of hydrogen-bond donors (Lipinski definition) is 1. The number of nitrogen functional groups attached to an aromatic ring is 1. The SMILES string of the molecule is CCc1cnc(N2CCN(Cc3cnc(N)s3)CC2)s1. The average Bonchev–Trinajstić information content (AvgIpc) is 3.09. The van der Waals surface area contributed by atoms with Gasteiger partial charge in [0.2, 0.25) is 0 Å². The Bertz CT molecular complexity index is 557. The van der Waals surface area contributed by atoms with Crippen molar-refractivity contribution in [2.24, 2.45) is 0 Å². The smallest absolute Gasteiger partial charge is 0.185 e. The van der Waals surface area contributed by atoms with E-state index in [1.165, 1.54) is 14.9 Å². The number of aromatic nitrogens is 2. The second-order valence-corrected chi connectivity index (χ2v) is 7.13. The Labute approximate surface area is 127 Å². The fourth-order valence-corrected chi connectivity index (χ4v) is 3.95. The largest absolute Gasteiger partial charge is 0.375 e. The van der Waals surface area contributed by atoms with Crippen LogP contribution in [0.4, 0.5) is 10.3 Å². The van der Waals surface area contributed by atoms with Gasteiger partial charge in [0.05, 0.1) is 0 Å². The summed E-state index contributed by atoms with van der Waals surface area (Å²) in [5.41, 5.74) is 5.67. The predicted molar refractivity (Wildman–Crippen MR) is 85.5 cm³/mol. The Hall–Kier alpha value is -1.18. The summed E-state index contributed by atoms with van der Waals surface area (Å²) < 4.78 is 0. The zero-order valence-electron chi connectivity index (χ0n) is 11.6. The van der Waals surface area contributed by atoms with E-state index >= 15 is 0 Å². The molecule has 1 fully saturated rings. The quantitative estimate of drug-likeness (QED) is 0.937. The summed E-state index contributed by atoms with van der Waals surface area (Å²) in [5.74, 6) is 0. The summed E-state index contributed by atoms with van der Waals surface area (Å²) in [6.07, 6.45) is 4.97. The van der Waals surface area contributed by atoms with Gasteiger partial charge in [-0.1, -0.05) is 6.92 Å². The maximum atomic E-state index is 5.67. The Balaban J connectivity index is 1.54. The monoisotopic (exact) mass is 309 g/mol. The van der Waals surface area contributed by atoms with Gasteiger partial charge in [0.1, 0.15) is 0 Å². The molecule has 0 spiro atoms.